The molecule has 2 rings (SSSR count). The number of carbonyl (C=O) groups excluding carboxylic acids is 1. The number of rotatable bonds is 4. The van der Waals surface area contributed by atoms with Gasteiger partial charge in [-0.05, 0) is 24.3 Å². The Morgan fingerprint density at radius 3 is 2.90 bits per heavy atom. The zero-order valence-electron chi connectivity index (χ0n) is 12.1. The predicted molar refractivity (Wildman–Crippen MR) is 82.7 cm³/mol. The molecule has 20 heavy (non-hydrogen) atoms. The number of benzene rings is 1. The number of anilines is 2. The lowest BCUT2D eigenvalue weighted by molar-refractivity contribution is -0.123. The summed E-state index contributed by atoms with van der Waals surface area (Å²) >= 11 is 0. The number of fused-ring (bicyclic) bond motifs is 1. The molecule has 0 spiro atoms. The summed E-state index contributed by atoms with van der Waals surface area (Å²) in [6.45, 7) is 2.54. The lowest BCUT2D eigenvalue weighted by Gasteiger charge is -2.24. The Hall–Kier alpha value is -2.30. The molecule has 0 bridgehead atoms. The second-order valence-corrected chi connectivity index (χ2v) is 4.97. The number of nitrogens with zero attached hydrogens (tertiary/aromatic N) is 2. The molecule has 1 aromatic carbocycles. The van der Waals surface area contributed by atoms with Gasteiger partial charge in [0, 0.05) is 37.9 Å². The molecule has 0 aliphatic heterocycles. The molecule has 0 saturated carbocycles. The van der Waals surface area contributed by atoms with Gasteiger partial charge in [0.25, 0.3) is 0 Å². The van der Waals surface area contributed by atoms with E-state index in [4.69, 9.17) is 5.73 Å². The molecule has 5 heteroatoms. The molecule has 0 saturated heterocycles. The van der Waals surface area contributed by atoms with Crippen LogP contribution in [0.4, 0.5) is 11.4 Å². The van der Waals surface area contributed by atoms with Gasteiger partial charge in [0.2, 0.25) is 5.91 Å². The molecule has 0 fully saturated rings. The summed E-state index contributed by atoms with van der Waals surface area (Å²) in [5.41, 5.74) is 8.44. The maximum absolute atomic E-state index is 11.6. The van der Waals surface area contributed by atoms with Gasteiger partial charge in [-0.25, -0.2) is 0 Å². The molecule has 106 valence electrons. The van der Waals surface area contributed by atoms with Gasteiger partial charge >= 0.3 is 0 Å². The van der Waals surface area contributed by atoms with Crippen LogP contribution in [0.25, 0.3) is 10.9 Å². The number of nitrogens with two attached hydrogens (primary N) is 1. The van der Waals surface area contributed by atoms with Crippen molar-refractivity contribution in [2.45, 2.75) is 6.92 Å². The van der Waals surface area contributed by atoms with Gasteiger partial charge in [-0.3, -0.25) is 9.78 Å². The Morgan fingerprint density at radius 2 is 2.20 bits per heavy atom. The molecule has 1 unspecified atom stereocenters. The number of hydrogen-bond acceptors (Lipinski definition) is 4. The van der Waals surface area contributed by atoms with Gasteiger partial charge in [-0.1, -0.05) is 6.92 Å². The Bertz CT molecular complexity index is 626. The summed E-state index contributed by atoms with van der Waals surface area (Å²) in [5, 5.41) is 3.67. The van der Waals surface area contributed by atoms with Crippen molar-refractivity contribution >= 4 is 28.2 Å². The van der Waals surface area contributed by atoms with Gasteiger partial charge in [-0.15, -0.1) is 0 Å². The average Bonchev–Trinajstić information content (AvgIpc) is 2.46. The van der Waals surface area contributed by atoms with Crippen LogP contribution in [-0.4, -0.2) is 31.5 Å². The molecule has 0 radical (unpaired) electrons. The van der Waals surface area contributed by atoms with E-state index in [0.29, 0.717) is 12.2 Å². The summed E-state index contributed by atoms with van der Waals surface area (Å²) in [4.78, 5) is 18.0. The molecule has 1 amide bonds. The third-order valence-electron chi connectivity index (χ3n) is 3.43. The van der Waals surface area contributed by atoms with Crippen LogP contribution in [0, 0.1) is 5.92 Å². The molecular formula is C15H20N4O. The number of nitrogen functional groups attached to an aromatic ring is 1. The lowest BCUT2D eigenvalue weighted by atomic mass is 10.1. The maximum Gasteiger partial charge on any atom is 0.224 e. The van der Waals surface area contributed by atoms with Crippen LogP contribution in [-0.2, 0) is 4.79 Å². The molecule has 1 aromatic heterocycles. The average molecular weight is 272 g/mol. The Morgan fingerprint density at radius 1 is 1.45 bits per heavy atom. The third kappa shape index (κ3) is 2.66. The highest BCUT2D eigenvalue weighted by Crippen LogP contribution is 2.29. The standard InChI is InChI=1S/C15H20N4O/c1-10(15(20)17-2)9-19(3)13-7-6-12(16)14-11(13)5-4-8-18-14/h4-8,10H,9,16H2,1-3H3,(H,17,20). The summed E-state index contributed by atoms with van der Waals surface area (Å²) in [5.74, 6) is -0.0519. The summed E-state index contributed by atoms with van der Waals surface area (Å²) in [6.07, 6.45) is 1.73. The van der Waals surface area contributed by atoms with Crippen molar-refractivity contribution in [3.63, 3.8) is 0 Å². The van der Waals surface area contributed by atoms with E-state index in [1.54, 1.807) is 13.2 Å². The van der Waals surface area contributed by atoms with Crippen molar-refractivity contribution in [3.8, 4) is 0 Å². The quantitative estimate of drug-likeness (QED) is 0.830. The first-order valence-electron chi connectivity index (χ1n) is 6.60. The normalized spacial score (nSPS) is 12.2. The minimum Gasteiger partial charge on any atom is -0.397 e. The van der Waals surface area contributed by atoms with E-state index in [1.807, 2.05) is 38.2 Å². The van der Waals surface area contributed by atoms with E-state index in [1.165, 1.54) is 0 Å². The van der Waals surface area contributed by atoms with Gasteiger partial charge in [0.05, 0.1) is 17.1 Å². The van der Waals surface area contributed by atoms with E-state index >= 15 is 0 Å². The fraction of sp³-hybridized carbons (Fsp3) is 0.333. The van der Waals surface area contributed by atoms with E-state index in [-0.39, 0.29) is 11.8 Å². The lowest BCUT2D eigenvalue weighted by Crippen LogP contribution is -2.34. The fourth-order valence-electron chi connectivity index (χ4n) is 2.35. The highest BCUT2D eigenvalue weighted by Gasteiger charge is 2.16. The van der Waals surface area contributed by atoms with Gasteiger partial charge in [0.1, 0.15) is 0 Å². The van der Waals surface area contributed by atoms with Crippen LogP contribution in [0.5, 0.6) is 0 Å². The molecule has 2 aromatic rings. The van der Waals surface area contributed by atoms with Crippen LogP contribution in [0.3, 0.4) is 0 Å². The van der Waals surface area contributed by atoms with Crippen LogP contribution in [0.15, 0.2) is 30.5 Å². The second-order valence-electron chi connectivity index (χ2n) is 4.97. The summed E-state index contributed by atoms with van der Waals surface area (Å²) in [6, 6.07) is 7.71. The minimum absolute atomic E-state index is 0.0368. The van der Waals surface area contributed by atoms with Crippen molar-refractivity contribution in [3.05, 3.63) is 30.5 Å². The van der Waals surface area contributed by atoms with E-state index < -0.39 is 0 Å². The highest BCUT2D eigenvalue weighted by atomic mass is 16.1. The van der Waals surface area contributed by atoms with Gasteiger partial charge in [-0.2, -0.15) is 0 Å². The molecule has 5 nitrogen and oxygen atoms in total. The first-order valence-corrected chi connectivity index (χ1v) is 6.60. The Labute approximate surface area is 118 Å². The maximum atomic E-state index is 11.6. The SMILES string of the molecule is CNC(=O)C(C)CN(C)c1ccc(N)c2ncccc12. The van der Waals surface area contributed by atoms with Crippen molar-refractivity contribution < 1.29 is 4.79 Å². The molecule has 0 aliphatic carbocycles. The Kier molecular flexibility index (Phi) is 4.08. The second kappa shape index (κ2) is 5.77. The largest absolute Gasteiger partial charge is 0.397 e. The fourth-order valence-corrected chi connectivity index (χ4v) is 2.35. The number of aromatic nitrogens is 1. The minimum atomic E-state index is -0.0886. The zero-order chi connectivity index (χ0) is 14.7. The number of amides is 1. The van der Waals surface area contributed by atoms with E-state index in [2.05, 4.69) is 15.2 Å². The van der Waals surface area contributed by atoms with E-state index in [0.717, 1.165) is 16.6 Å². The summed E-state index contributed by atoms with van der Waals surface area (Å²) in [7, 11) is 3.62. The molecule has 1 heterocycles. The molecule has 1 atom stereocenters. The Balaban J connectivity index is 2.33. The monoisotopic (exact) mass is 272 g/mol. The van der Waals surface area contributed by atoms with Crippen LogP contribution in [0.2, 0.25) is 0 Å². The molecular weight excluding hydrogens is 252 g/mol. The van der Waals surface area contributed by atoms with Crippen LogP contribution in [0.1, 0.15) is 6.92 Å². The van der Waals surface area contributed by atoms with Crippen LogP contribution < -0.4 is 16.0 Å². The topological polar surface area (TPSA) is 71.2 Å². The number of nitrogens with one attached hydrogen (secondary N) is 1. The number of hydrogen-bond donors (Lipinski definition) is 2. The van der Waals surface area contributed by atoms with Gasteiger partial charge < -0.3 is 16.0 Å². The summed E-state index contributed by atoms with van der Waals surface area (Å²) < 4.78 is 0. The van der Waals surface area contributed by atoms with Crippen LogP contribution >= 0.6 is 0 Å². The molecule has 0 aliphatic rings. The first-order chi connectivity index (χ1) is 9.54. The van der Waals surface area contributed by atoms with Gasteiger partial charge in [0.15, 0.2) is 0 Å². The van der Waals surface area contributed by atoms with Crippen molar-refractivity contribution in [1.29, 1.82) is 0 Å². The van der Waals surface area contributed by atoms with Crippen molar-refractivity contribution in [2.75, 3.05) is 31.3 Å². The predicted octanol–water partition coefficient (Wildman–Crippen LogP) is 1.64. The number of pyridine rings is 1. The van der Waals surface area contributed by atoms with Crippen molar-refractivity contribution in [2.24, 2.45) is 5.92 Å². The smallest absolute Gasteiger partial charge is 0.224 e. The van der Waals surface area contributed by atoms with E-state index in [9.17, 15) is 4.79 Å². The number of carbonyl (C=O) groups is 1. The third-order valence-corrected chi connectivity index (χ3v) is 3.43. The van der Waals surface area contributed by atoms with Crippen molar-refractivity contribution in [1.82, 2.24) is 10.3 Å². The molecule has 3 N–H and O–H groups in total. The first kappa shape index (κ1) is 14.1. The highest BCUT2D eigenvalue weighted by molar-refractivity contribution is 5.98. The zero-order valence-corrected chi connectivity index (χ0v) is 12.1.